The van der Waals surface area contributed by atoms with Gasteiger partial charge in [-0.3, -0.25) is 4.79 Å². The molecule has 20 heavy (non-hydrogen) atoms. The molecule has 1 N–H and O–H groups in total. The van der Waals surface area contributed by atoms with E-state index in [2.05, 4.69) is 22.5 Å². The lowest BCUT2D eigenvalue weighted by Gasteiger charge is -2.38. The van der Waals surface area contributed by atoms with E-state index >= 15 is 0 Å². The third kappa shape index (κ3) is 2.63. The molecule has 0 saturated carbocycles. The van der Waals surface area contributed by atoms with E-state index in [1.807, 2.05) is 12.3 Å². The van der Waals surface area contributed by atoms with Crippen molar-refractivity contribution in [3.05, 3.63) is 21.9 Å². The molecule has 2 saturated heterocycles. The van der Waals surface area contributed by atoms with Gasteiger partial charge in [-0.25, -0.2) is 0 Å². The quantitative estimate of drug-likeness (QED) is 0.924. The fourth-order valence-electron chi connectivity index (χ4n) is 3.71. The van der Waals surface area contributed by atoms with Crippen molar-refractivity contribution < 1.29 is 4.79 Å². The van der Waals surface area contributed by atoms with Crippen LogP contribution in [0.4, 0.5) is 0 Å². The van der Waals surface area contributed by atoms with Crippen molar-refractivity contribution >= 4 is 17.2 Å². The van der Waals surface area contributed by atoms with Crippen LogP contribution in [0.1, 0.15) is 54.9 Å². The lowest BCUT2D eigenvalue weighted by Crippen LogP contribution is -2.50. The number of amides is 1. The molecule has 4 heteroatoms. The van der Waals surface area contributed by atoms with Crippen LogP contribution >= 0.6 is 11.3 Å². The summed E-state index contributed by atoms with van der Waals surface area (Å²) in [4.78, 5) is 15.0. The Labute approximate surface area is 125 Å². The van der Waals surface area contributed by atoms with E-state index in [-0.39, 0.29) is 5.91 Å². The first-order chi connectivity index (χ1) is 9.69. The molecule has 3 nitrogen and oxygen atoms in total. The molecule has 1 amide bonds. The standard InChI is InChI=1S/C16H24N2OS/c1-3-6-18(16(19)15-10-20-9-11(15)2)14-7-12-4-5-13(8-14)17-12/h9-10,12-14,17H,3-8H2,1-2H3. The number of rotatable bonds is 4. The van der Waals surface area contributed by atoms with Crippen molar-refractivity contribution in [2.45, 2.75) is 64.1 Å². The van der Waals surface area contributed by atoms with Gasteiger partial charge >= 0.3 is 0 Å². The van der Waals surface area contributed by atoms with Crippen LogP contribution in [0.25, 0.3) is 0 Å². The zero-order valence-corrected chi connectivity index (χ0v) is 13.2. The average Bonchev–Trinajstić information content (AvgIpc) is 3.01. The number of thiophene rings is 1. The van der Waals surface area contributed by atoms with Gasteiger partial charge in [-0.05, 0) is 50.0 Å². The van der Waals surface area contributed by atoms with Gasteiger partial charge in [0.2, 0.25) is 0 Å². The zero-order chi connectivity index (χ0) is 14.1. The summed E-state index contributed by atoms with van der Waals surface area (Å²) in [5, 5.41) is 7.75. The van der Waals surface area contributed by atoms with E-state index in [0.717, 1.165) is 36.9 Å². The highest BCUT2D eigenvalue weighted by atomic mass is 32.1. The van der Waals surface area contributed by atoms with Crippen molar-refractivity contribution in [2.75, 3.05) is 6.54 Å². The Hall–Kier alpha value is -0.870. The number of hydrogen-bond donors (Lipinski definition) is 1. The summed E-state index contributed by atoms with van der Waals surface area (Å²) in [6.45, 7) is 5.09. The predicted molar refractivity (Wildman–Crippen MR) is 83.4 cm³/mol. The second-order valence-electron chi connectivity index (χ2n) is 6.23. The van der Waals surface area contributed by atoms with Crippen LogP contribution in [0.3, 0.4) is 0 Å². The van der Waals surface area contributed by atoms with Crippen LogP contribution in [0.15, 0.2) is 10.8 Å². The molecule has 0 spiro atoms. The molecule has 3 heterocycles. The number of hydrogen-bond acceptors (Lipinski definition) is 3. The molecule has 2 aliphatic rings. The summed E-state index contributed by atoms with van der Waals surface area (Å²) in [5.74, 6) is 0.247. The van der Waals surface area contributed by atoms with Crippen LogP contribution in [0.2, 0.25) is 0 Å². The Morgan fingerprint density at radius 3 is 2.60 bits per heavy atom. The van der Waals surface area contributed by atoms with E-state index in [1.54, 1.807) is 11.3 Å². The molecule has 0 aromatic carbocycles. The van der Waals surface area contributed by atoms with E-state index in [4.69, 9.17) is 0 Å². The van der Waals surface area contributed by atoms with Crippen molar-refractivity contribution in [2.24, 2.45) is 0 Å². The first-order valence-corrected chi connectivity index (χ1v) is 8.73. The molecule has 2 atom stereocenters. The normalized spacial score (nSPS) is 28.6. The number of carbonyl (C=O) groups excluding carboxylic acids is 1. The van der Waals surface area contributed by atoms with Gasteiger partial charge < -0.3 is 10.2 Å². The highest BCUT2D eigenvalue weighted by molar-refractivity contribution is 7.08. The Kier molecular flexibility index (Phi) is 4.13. The van der Waals surface area contributed by atoms with Crippen LogP contribution in [-0.4, -0.2) is 35.5 Å². The fourth-order valence-corrected chi connectivity index (χ4v) is 4.53. The minimum atomic E-state index is 0.247. The molecule has 110 valence electrons. The first kappa shape index (κ1) is 14.1. The second-order valence-corrected chi connectivity index (χ2v) is 6.97. The summed E-state index contributed by atoms with van der Waals surface area (Å²) in [7, 11) is 0. The minimum Gasteiger partial charge on any atom is -0.336 e. The van der Waals surface area contributed by atoms with Crippen molar-refractivity contribution in [1.29, 1.82) is 0 Å². The molecule has 1 aromatic rings. The molecule has 3 rings (SSSR count). The molecule has 0 radical (unpaired) electrons. The van der Waals surface area contributed by atoms with Crippen LogP contribution in [-0.2, 0) is 0 Å². The number of carbonyl (C=O) groups is 1. The highest BCUT2D eigenvalue weighted by Crippen LogP contribution is 2.31. The Morgan fingerprint density at radius 1 is 1.35 bits per heavy atom. The molecule has 2 aliphatic heterocycles. The number of piperidine rings is 1. The smallest absolute Gasteiger partial charge is 0.255 e. The number of nitrogens with one attached hydrogen (secondary N) is 1. The second kappa shape index (κ2) is 5.86. The Morgan fingerprint density at radius 2 is 2.05 bits per heavy atom. The van der Waals surface area contributed by atoms with Crippen LogP contribution < -0.4 is 5.32 Å². The summed E-state index contributed by atoms with van der Waals surface area (Å²) in [6, 6.07) is 1.70. The summed E-state index contributed by atoms with van der Waals surface area (Å²) in [6.07, 6.45) is 5.87. The summed E-state index contributed by atoms with van der Waals surface area (Å²) >= 11 is 1.63. The van der Waals surface area contributed by atoms with Gasteiger partial charge in [0.15, 0.2) is 0 Å². The van der Waals surface area contributed by atoms with Gasteiger partial charge in [-0.1, -0.05) is 6.92 Å². The molecular weight excluding hydrogens is 268 g/mol. The molecule has 2 fully saturated rings. The minimum absolute atomic E-state index is 0.247. The Bertz CT molecular complexity index is 473. The van der Waals surface area contributed by atoms with Gasteiger partial charge in [-0.2, -0.15) is 11.3 Å². The maximum Gasteiger partial charge on any atom is 0.255 e. The molecule has 0 aliphatic carbocycles. The maximum atomic E-state index is 12.9. The topological polar surface area (TPSA) is 32.3 Å². The van der Waals surface area contributed by atoms with E-state index in [1.165, 1.54) is 12.8 Å². The lowest BCUT2D eigenvalue weighted by molar-refractivity contribution is 0.0616. The lowest BCUT2D eigenvalue weighted by atomic mass is 9.97. The third-order valence-electron chi connectivity index (χ3n) is 4.70. The Balaban J connectivity index is 1.78. The van der Waals surface area contributed by atoms with Gasteiger partial charge in [0.05, 0.1) is 5.56 Å². The SMILES string of the molecule is CCCN(C(=O)c1cscc1C)C1CC2CCC(C1)N2. The first-order valence-electron chi connectivity index (χ1n) is 7.78. The monoisotopic (exact) mass is 292 g/mol. The third-order valence-corrected chi connectivity index (χ3v) is 5.56. The zero-order valence-electron chi connectivity index (χ0n) is 12.4. The highest BCUT2D eigenvalue weighted by Gasteiger charge is 2.37. The van der Waals surface area contributed by atoms with E-state index in [0.29, 0.717) is 18.1 Å². The predicted octanol–water partition coefficient (Wildman–Crippen LogP) is 3.19. The summed E-state index contributed by atoms with van der Waals surface area (Å²) < 4.78 is 0. The van der Waals surface area contributed by atoms with Gasteiger partial charge in [-0.15, -0.1) is 0 Å². The van der Waals surface area contributed by atoms with E-state index in [9.17, 15) is 4.79 Å². The number of aryl methyl sites for hydroxylation is 1. The average molecular weight is 292 g/mol. The molecule has 2 bridgehead atoms. The van der Waals surface area contributed by atoms with E-state index < -0.39 is 0 Å². The van der Waals surface area contributed by atoms with Gasteiger partial charge in [0, 0.05) is 30.1 Å². The summed E-state index contributed by atoms with van der Waals surface area (Å²) in [5.41, 5.74) is 2.03. The van der Waals surface area contributed by atoms with Gasteiger partial charge in [0.25, 0.3) is 5.91 Å². The van der Waals surface area contributed by atoms with Crippen LogP contribution in [0, 0.1) is 6.92 Å². The largest absolute Gasteiger partial charge is 0.336 e. The van der Waals surface area contributed by atoms with Crippen molar-refractivity contribution in [3.8, 4) is 0 Å². The molecular formula is C16H24N2OS. The fraction of sp³-hybridized carbons (Fsp3) is 0.688. The molecule has 2 unspecified atom stereocenters. The van der Waals surface area contributed by atoms with Crippen molar-refractivity contribution in [3.63, 3.8) is 0 Å². The van der Waals surface area contributed by atoms with Crippen molar-refractivity contribution in [1.82, 2.24) is 10.2 Å². The van der Waals surface area contributed by atoms with Crippen LogP contribution in [0.5, 0.6) is 0 Å². The number of nitrogens with zero attached hydrogens (tertiary/aromatic N) is 1. The number of fused-ring (bicyclic) bond motifs is 2. The molecule has 1 aromatic heterocycles. The van der Waals surface area contributed by atoms with Gasteiger partial charge in [0.1, 0.15) is 0 Å². The maximum absolute atomic E-state index is 12.9.